The van der Waals surface area contributed by atoms with Gasteiger partial charge in [0.15, 0.2) is 0 Å². The van der Waals surface area contributed by atoms with Crippen LogP contribution in [0.3, 0.4) is 0 Å². The quantitative estimate of drug-likeness (QED) is 0.840. The number of rotatable bonds is 3. The summed E-state index contributed by atoms with van der Waals surface area (Å²) in [6.07, 6.45) is -3.64. The molecule has 2 rings (SSSR count). The molecule has 19 heavy (non-hydrogen) atoms. The van der Waals surface area contributed by atoms with Crippen molar-refractivity contribution in [3.63, 3.8) is 0 Å². The number of hydrogen-bond acceptors (Lipinski definition) is 3. The van der Waals surface area contributed by atoms with Crippen molar-refractivity contribution in [1.82, 2.24) is 0 Å². The number of hydrogen-bond donors (Lipinski definition) is 2. The molecular weight excluding hydrogens is 277 g/mol. The molecule has 0 amide bonds. The standard InChI is InChI=1S/C12H13F3N2OS/c13-12(14,15)10-2-1-7(5-9(10)11(16)19)17-8-3-4-18-6-8/h1-2,5,8,17H,3-4,6H2,(H2,16,19). The third-order valence-corrected chi connectivity index (χ3v) is 3.11. The molecule has 1 aliphatic heterocycles. The molecule has 1 aliphatic rings. The predicted octanol–water partition coefficient (Wildman–Crippen LogP) is 2.54. The normalized spacial score (nSPS) is 19.4. The Morgan fingerprint density at radius 2 is 2.16 bits per heavy atom. The molecule has 3 nitrogen and oxygen atoms in total. The van der Waals surface area contributed by atoms with Gasteiger partial charge in [-0.3, -0.25) is 0 Å². The van der Waals surface area contributed by atoms with Crippen molar-refractivity contribution in [2.24, 2.45) is 5.73 Å². The van der Waals surface area contributed by atoms with E-state index in [2.05, 4.69) is 17.5 Å². The fourth-order valence-electron chi connectivity index (χ4n) is 1.97. The second-order valence-corrected chi connectivity index (χ2v) is 4.77. The Morgan fingerprint density at radius 1 is 1.42 bits per heavy atom. The number of alkyl halides is 3. The highest BCUT2D eigenvalue weighted by Gasteiger charge is 2.34. The Balaban J connectivity index is 2.28. The molecule has 1 saturated heterocycles. The highest BCUT2D eigenvalue weighted by atomic mass is 32.1. The molecule has 3 N–H and O–H groups in total. The van der Waals surface area contributed by atoms with Gasteiger partial charge in [0.05, 0.1) is 18.2 Å². The van der Waals surface area contributed by atoms with Crippen LogP contribution in [0.25, 0.3) is 0 Å². The molecule has 104 valence electrons. The SMILES string of the molecule is NC(=S)c1cc(NC2CCOC2)ccc1C(F)(F)F. The summed E-state index contributed by atoms with van der Waals surface area (Å²) < 4.78 is 43.6. The van der Waals surface area contributed by atoms with E-state index in [1.165, 1.54) is 12.1 Å². The molecule has 1 heterocycles. The van der Waals surface area contributed by atoms with E-state index in [-0.39, 0.29) is 16.6 Å². The lowest BCUT2D eigenvalue weighted by molar-refractivity contribution is -0.137. The average molecular weight is 290 g/mol. The summed E-state index contributed by atoms with van der Waals surface area (Å²) in [6, 6.07) is 3.81. The average Bonchev–Trinajstić information content (AvgIpc) is 2.80. The summed E-state index contributed by atoms with van der Waals surface area (Å²) in [5.74, 6) is 0. The summed E-state index contributed by atoms with van der Waals surface area (Å²) in [6.45, 7) is 1.20. The Labute approximate surface area is 113 Å². The fraction of sp³-hybridized carbons (Fsp3) is 0.417. The van der Waals surface area contributed by atoms with Crippen molar-refractivity contribution in [2.75, 3.05) is 18.5 Å². The van der Waals surface area contributed by atoms with E-state index < -0.39 is 11.7 Å². The topological polar surface area (TPSA) is 47.3 Å². The minimum absolute atomic E-state index is 0.107. The number of nitrogens with one attached hydrogen (secondary N) is 1. The van der Waals surface area contributed by atoms with Crippen LogP contribution >= 0.6 is 12.2 Å². The van der Waals surface area contributed by atoms with Crippen molar-refractivity contribution in [3.8, 4) is 0 Å². The number of ether oxygens (including phenoxy) is 1. The zero-order valence-corrected chi connectivity index (χ0v) is 10.8. The van der Waals surface area contributed by atoms with Gasteiger partial charge in [-0.25, -0.2) is 0 Å². The van der Waals surface area contributed by atoms with E-state index in [1.807, 2.05) is 0 Å². The lowest BCUT2D eigenvalue weighted by Gasteiger charge is -2.16. The van der Waals surface area contributed by atoms with E-state index in [0.717, 1.165) is 12.5 Å². The molecule has 1 fully saturated rings. The molecule has 0 aromatic heterocycles. The maximum Gasteiger partial charge on any atom is 0.417 e. The molecule has 0 saturated carbocycles. The van der Waals surface area contributed by atoms with E-state index >= 15 is 0 Å². The zero-order chi connectivity index (χ0) is 14.0. The van der Waals surface area contributed by atoms with Gasteiger partial charge >= 0.3 is 6.18 Å². The Bertz CT molecular complexity index is 484. The molecule has 0 radical (unpaired) electrons. The Hall–Kier alpha value is -1.34. The highest BCUT2D eigenvalue weighted by Crippen LogP contribution is 2.33. The summed E-state index contributed by atoms with van der Waals surface area (Å²) in [7, 11) is 0. The molecule has 0 aliphatic carbocycles. The van der Waals surface area contributed by atoms with Crippen molar-refractivity contribution in [2.45, 2.75) is 18.6 Å². The van der Waals surface area contributed by atoms with Gasteiger partial charge in [-0.2, -0.15) is 13.2 Å². The largest absolute Gasteiger partial charge is 0.417 e. The molecule has 7 heteroatoms. The zero-order valence-electron chi connectivity index (χ0n) is 9.96. The van der Waals surface area contributed by atoms with Gasteiger partial charge in [-0.15, -0.1) is 0 Å². The van der Waals surface area contributed by atoms with Gasteiger partial charge in [-0.1, -0.05) is 12.2 Å². The summed E-state index contributed by atoms with van der Waals surface area (Å²) >= 11 is 4.69. The van der Waals surface area contributed by atoms with E-state index in [1.54, 1.807) is 0 Å². The van der Waals surface area contributed by atoms with Crippen LogP contribution in [0.2, 0.25) is 0 Å². The summed E-state index contributed by atoms with van der Waals surface area (Å²) in [4.78, 5) is -0.265. The number of thiocarbonyl (C=S) groups is 1. The van der Waals surface area contributed by atoms with E-state index in [4.69, 9.17) is 10.5 Å². The first-order chi connectivity index (χ1) is 8.88. The molecule has 0 bridgehead atoms. The van der Waals surface area contributed by atoms with Crippen molar-refractivity contribution in [3.05, 3.63) is 29.3 Å². The lowest BCUT2D eigenvalue weighted by Crippen LogP contribution is -2.21. The first-order valence-electron chi connectivity index (χ1n) is 5.73. The van der Waals surface area contributed by atoms with Crippen LogP contribution in [0.1, 0.15) is 17.5 Å². The molecule has 1 atom stereocenters. The van der Waals surface area contributed by atoms with Crippen LogP contribution in [-0.4, -0.2) is 24.2 Å². The van der Waals surface area contributed by atoms with Crippen LogP contribution in [0, 0.1) is 0 Å². The van der Waals surface area contributed by atoms with Crippen LogP contribution in [0.15, 0.2) is 18.2 Å². The van der Waals surface area contributed by atoms with Gasteiger partial charge in [0.1, 0.15) is 4.99 Å². The number of nitrogens with two attached hydrogens (primary N) is 1. The second kappa shape index (κ2) is 5.34. The van der Waals surface area contributed by atoms with Crippen LogP contribution < -0.4 is 11.1 Å². The Morgan fingerprint density at radius 3 is 2.68 bits per heavy atom. The number of anilines is 1. The van der Waals surface area contributed by atoms with Crippen LogP contribution in [0.5, 0.6) is 0 Å². The minimum atomic E-state index is -4.46. The van der Waals surface area contributed by atoms with Crippen molar-refractivity contribution < 1.29 is 17.9 Å². The second-order valence-electron chi connectivity index (χ2n) is 4.33. The predicted molar refractivity (Wildman–Crippen MR) is 70.2 cm³/mol. The smallest absolute Gasteiger partial charge is 0.389 e. The summed E-state index contributed by atoms with van der Waals surface area (Å²) in [5.41, 5.74) is 4.96. The van der Waals surface area contributed by atoms with Gasteiger partial charge < -0.3 is 15.8 Å². The third kappa shape index (κ3) is 3.36. The number of benzene rings is 1. The highest BCUT2D eigenvalue weighted by molar-refractivity contribution is 7.80. The molecular formula is C12H13F3N2OS. The van der Waals surface area contributed by atoms with Crippen molar-refractivity contribution >= 4 is 22.9 Å². The van der Waals surface area contributed by atoms with E-state index in [0.29, 0.717) is 18.9 Å². The molecule has 0 spiro atoms. The lowest BCUT2D eigenvalue weighted by atomic mass is 10.1. The molecule has 1 aromatic rings. The van der Waals surface area contributed by atoms with Gasteiger partial charge in [0.25, 0.3) is 0 Å². The van der Waals surface area contributed by atoms with Gasteiger partial charge in [-0.05, 0) is 24.6 Å². The van der Waals surface area contributed by atoms with Crippen LogP contribution in [0.4, 0.5) is 18.9 Å². The van der Waals surface area contributed by atoms with Crippen molar-refractivity contribution in [1.29, 1.82) is 0 Å². The van der Waals surface area contributed by atoms with E-state index in [9.17, 15) is 13.2 Å². The molecule has 1 unspecified atom stereocenters. The third-order valence-electron chi connectivity index (χ3n) is 2.89. The first-order valence-corrected chi connectivity index (χ1v) is 6.14. The monoisotopic (exact) mass is 290 g/mol. The van der Waals surface area contributed by atoms with Gasteiger partial charge in [0, 0.05) is 17.9 Å². The first kappa shape index (κ1) is 14.1. The number of halogens is 3. The maximum atomic E-state index is 12.8. The van der Waals surface area contributed by atoms with Crippen LogP contribution in [-0.2, 0) is 10.9 Å². The molecule has 1 aromatic carbocycles. The Kier molecular flexibility index (Phi) is 3.96. The van der Waals surface area contributed by atoms with Gasteiger partial charge in [0.2, 0.25) is 0 Å². The summed E-state index contributed by atoms with van der Waals surface area (Å²) in [5, 5.41) is 3.11. The minimum Gasteiger partial charge on any atom is -0.389 e. The maximum absolute atomic E-state index is 12.8. The fourth-order valence-corrected chi connectivity index (χ4v) is 2.14.